The third-order valence-electron chi connectivity index (χ3n) is 3.62. The number of hydrogen-bond donors (Lipinski definition) is 1. The maximum Gasteiger partial charge on any atom is 0.246 e. The Morgan fingerprint density at radius 3 is 2.90 bits per heavy atom. The monoisotopic (exact) mass is 292 g/mol. The fourth-order valence-electron chi connectivity index (χ4n) is 2.46. The molecule has 21 heavy (non-hydrogen) atoms. The lowest BCUT2D eigenvalue weighted by molar-refractivity contribution is -0.126. The molecule has 1 aromatic rings. The number of amides is 1. The largest absolute Gasteiger partial charge is 0.382 e. The van der Waals surface area contributed by atoms with Gasteiger partial charge in [0.1, 0.15) is 6.61 Å². The minimum atomic E-state index is -0.0662. The van der Waals surface area contributed by atoms with Crippen LogP contribution in [0.5, 0.6) is 0 Å². The molecule has 0 radical (unpaired) electrons. The summed E-state index contributed by atoms with van der Waals surface area (Å²) in [6.45, 7) is 4.62. The summed E-state index contributed by atoms with van der Waals surface area (Å²) in [5.74, 6) is -0.0662. The summed E-state index contributed by atoms with van der Waals surface area (Å²) in [7, 11) is 1.61. The smallest absolute Gasteiger partial charge is 0.246 e. The van der Waals surface area contributed by atoms with E-state index in [2.05, 4.69) is 34.5 Å². The Morgan fingerprint density at radius 1 is 1.29 bits per heavy atom. The number of benzene rings is 1. The van der Waals surface area contributed by atoms with E-state index in [-0.39, 0.29) is 12.5 Å². The molecule has 1 aliphatic rings. The van der Waals surface area contributed by atoms with Gasteiger partial charge in [-0.15, -0.1) is 0 Å². The molecule has 1 amide bonds. The van der Waals surface area contributed by atoms with Crippen LogP contribution in [0.15, 0.2) is 24.3 Å². The number of carbonyl (C=O) groups excluding carboxylic acids is 1. The number of fused-ring (bicyclic) bond motifs is 1. The molecule has 0 saturated carbocycles. The van der Waals surface area contributed by atoms with Gasteiger partial charge in [-0.25, -0.2) is 0 Å². The Kier molecular flexibility index (Phi) is 6.66. The predicted molar refractivity (Wildman–Crippen MR) is 81.1 cm³/mol. The summed E-state index contributed by atoms with van der Waals surface area (Å²) < 4.78 is 10.0. The molecule has 1 aliphatic heterocycles. The molecule has 0 unspecified atom stereocenters. The maximum absolute atomic E-state index is 11.6. The molecule has 0 fully saturated rings. The van der Waals surface area contributed by atoms with E-state index in [1.54, 1.807) is 7.11 Å². The van der Waals surface area contributed by atoms with E-state index in [4.69, 9.17) is 9.47 Å². The Morgan fingerprint density at radius 2 is 2.10 bits per heavy atom. The van der Waals surface area contributed by atoms with E-state index in [1.807, 2.05) is 0 Å². The molecule has 116 valence electrons. The van der Waals surface area contributed by atoms with Crippen LogP contribution in [0.4, 0.5) is 0 Å². The normalized spacial score (nSPS) is 14.7. The predicted octanol–water partition coefficient (Wildman–Crippen LogP) is 0.824. The Balaban J connectivity index is 1.60. The highest BCUT2D eigenvalue weighted by Crippen LogP contribution is 2.17. The van der Waals surface area contributed by atoms with Crippen molar-refractivity contribution < 1.29 is 14.3 Å². The van der Waals surface area contributed by atoms with Crippen LogP contribution in [0.1, 0.15) is 11.1 Å². The summed E-state index contributed by atoms with van der Waals surface area (Å²) >= 11 is 0. The zero-order valence-corrected chi connectivity index (χ0v) is 12.6. The van der Waals surface area contributed by atoms with E-state index in [0.29, 0.717) is 19.8 Å². The zero-order chi connectivity index (χ0) is 14.9. The van der Waals surface area contributed by atoms with Gasteiger partial charge in [-0.1, -0.05) is 24.3 Å². The number of ether oxygens (including phenoxy) is 2. The van der Waals surface area contributed by atoms with Crippen molar-refractivity contribution in [2.75, 3.05) is 46.6 Å². The molecule has 2 rings (SSSR count). The number of hydrogen-bond acceptors (Lipinski definition) is 4. The van der Waals surface area contributed by atoms with Gasteiger partial charge in [0.2, 0.25) is 5.91 Å². The van der Waals surface area contributed by atoms with Gasteiger partial charge in [-0.2, -0.15) is 0 Å². The van der Waals surface area contributed by atoms with Crippen LogP contribution in [0.2, 0.25) is 0 Å². The molecular weight excluding hydrogens is 268 g/mol. The quantitative estimate of drug-likeness (QED) is 0.721. The minimum absolute atomic E-state index is 0.0662. The third-order valence-corrected chi connectivity index (χ3v) is 3.62. The van der Waals surface area contributed by atoms with Crippen LogP contribution in [-0.2, 0) is 27.2 Å². The molecule has 5 nitrogen and oxygen atoms in total. The second-order valence-electron chi connectivity index (χ2n) is 5.19. The van der Waals surface area contributed by atoms with Crippen molar-refractivity contribution in [2.24, 2.45) is 0 Å². The summed E-state index contributed by atoms with van der Waals surface area (Å²) in [5.41, 5.74) is 2.85. The van der Waals surface area contributed by atoms with Crippen LogP contribution in [0.3, 0.4) is 0 Å². The summed E-state index contributed by atoms with van der Waals surface area (Å²) in [6, 6.07) is 8.56. The van der Waals surface area contributed by atoms with Gasteiger partial charge >= 0.3 is 0 Å². The van der Waals surface area contributed by atoms with Crippen molar-refractivity contribution in [2.45, 2.75) is 13.0 Å². The number of nitrogens with zero attached hydrogens (tertiary/aromatic N) is 1. The minimum Gasteiger partial charge on any atom is -0.382 e. The maximum atomic E-state index is 11.6. The average molecular weight is 292 g/mol. The van der Waals surface area contributed by atoms with Gasteiger partial charge in [0.15, 0.2) is 0 Å². The molecule has 0 aliphatic carbocycles. The van der Waals surface area contributed by atoms with Crippen LogP contribution in [0.25, 0.3) is 0 Å². The van der Waals surface area contributed by atoms with Crippen molar-refractivity contribution in [3.63, 3.8) is 0 Å². The Bertz CT molecular complexity index is 451. The molecule has 1 N–H and O–H groups in total. The fraction of sp³-hybridized carbons (Fsp3) is 0.562. The topological polar surface area (TPSA) is 50.8 Å². The molecule has 0 aromatic heterocycles. The average Bonchev–Trinajstić information content (AvgIpc) is 2.51. The first-order valence-corrected chi connectivity index (χ1v) is 7.42. The number of carbonyl (C=O) groups is 1. The highest BCUT2D eigenvalue weighted by molar-refractivity contribution is 5.77. The summed E-state index contributed by atoms with van der Waals surface area (Å²) in [5, 5.41) is 2.88. The SMILES string of the molecule is COCCOCC(=O)NCCN1CCc2ccccc2C1. The molecule has 0 saturated heterocycles. The van der Waals surface area contributed by atoms with E-state index in [1.165, 1.54) is 11.1 Å². The lowest BCUT2D eigenvalue weighted by Gasteiger charge is -2.28. The first-order chi connectivity index (χ1) is 10.3. The Hall–Kier alpha value is -1.43. The van der Waals surface area contributed by atoms with Crippen molar-refractivity contribution >= 4 is 5.91 Å². The van der Waals surface area contributed by atoms with E-state index in [9.17, 15) is 4.79 Å². The van der Waals surface area contributed by atoms with Gasteiger partial charge < -0.3 is 14.8 Å². The lowest BCUT2D eigenvalue weighted by atomic mass is 10.00. The van der Waals surface area contributed by atoms with Gasteiger partial charge in [0.25, 0.3) is 0 Å². The van der Waals surface area contributed by atoms with E-state index in [0.717, 1.165) is 26.1 Å². The number of methoxy groups -OCH3 is 1. The second-order valence-corrected chi connectivity index (χ2v) is 5.19. The summed E-state index contributed by atoms with van der Waals surface area (Å²) in [6.07, 6.45) is 1.09. The molecule has 5 heteroatoms. The molecule has 1 heterocycles. The Labute approximate surface area is 126 Å². The molecule has 0 bridgehead atoms. The van der Waals surface area contributed by atoms with Crippen LogP contribution in [0, 0.1) is 0 Å². The third kappa shape index (κ3) is 5.46. The molecule has 0 spiro atoms. The summed E-state index contributed by atoms with van der Waals surface area (Å²) in [4.78, 5) is 13.9. The highest BCUT2D eigenvalue weighted by Gasteiger charge is 2.15. The van der Waals surface area contributed by atoms with E-state index < -0.39 is 0 Å². The highest BCUT2D eigenvalue weighted by atomic mass is 16.5. The van der Waals surface area contributed by atoms with Crippen molar-refractivity contribution in [1.29, 1.82) is 0 Å². The first kappa shape index (κ1) is 15.9. The number of rotatable bonds is 8. The molecule has 1 aromatic carbocycles. The van der Waals surface area contributed by atoms with Gasteiger partial charge in [-0.3, -0.25) is 9.69 Å². The number of nitrogens with one attached hydrogen (secondary N) is 1. The van der Waals surface area contributed by atoms with Gasteiger partial charge in [0.05, 0.1) is 13.2 Å². The molecular formula is C16H24N2O3. The van der Waals surface area contributed by atoms with Crippen molar-refractivity contribution in [1.82, 2.24) is 10.2 Å². The van der Waals surface area contributed by atoms with Gasteiger partial charge in [0, 0.05) is 33.3 Å². The standard InChI is InChI=1S/C16H24N2O3/c1-20-10-11-21-13-16(19)17-7-9-18-8-6-14-4-2-3-5-15(14)12-18/h2-5H,6-13H2,1H3,(H,17,19). The van der Waals surface area contributed by atoms with Crippen molar-refractivity contribution in [3.8, 4) is 0 Å². The first-order valence-electron chi connectivity index (χ1n) is 7.42. The van der Waals surface area contributed by atoms with Crippen LogP contribution in [-0.4, -0.2) is 57.4 Å². The second kappa shape index (κ2) is 8.77. The zero-order valence-electron chi connectivity index (χ0n) is 12.6. The molecule has 0 atom stereocenters. The van der Waals surface area contributed by atoms with Crippen molar-refractivity contribution in [3.05, 3.63) is 35.4 Å². The fourth-order valence-corrected chi connectivity index (χ4v) is 2.46. The lowest BCUT2D eigenvalue weighted by Crippen LogP contribution is -2.38. The van der Waals surface area contributed by atoms with Crippen LogP contribution < -0.4 is 5.32 Å². The van der Waals surface area contributed by atoms with Gasteiger partial charge in [-0.05, 0) is 17.5 Å². The van der Waals surface area contributed by atoms with Crippen LogP contribution >= 0.6 is 0 Å². The van der Waals surface area contributed by atoms with E-state index >= 15 is 0 Å².